The Bertz CT molecular complexity index is 909. The summed E-state index contributed by atoms with van der Waals surface area (Å²) >= 11 is 6.23. The first-order valence-electron chi connectivity index (χ1n) is 11.0. The van der Waals surface area contributed by atoms with Crippen LogP contribution in [0.4, 0.5) is 0 Å². The van der Waals surface area contributed by atoms with Crippen LogP contribution in [0.1, 0.15) is 54.2 Å². The number of hydrogen-bond acceptors (Lipinski definition) is 3. The van der Waals surface area contributed by atoms with Crippen molar-refractivity contribution in [3.8, 4) is 0 Å². The SMILES string of the molecule is Cc1ccccc1C(=O)NC(C(=O)NCC(c1cccc(Cl)c1)N1CCCC1)C(C)C. The van der Waals surface area contributed by atoms with Gasteiger partial charge in [-0.25, -0.2) is 0 Å². The average Bonchev–Trinajstić information content (AvgIpc) is 3.26. The summed E-state index contributed by atoms with van der Waals surface area (Å²) in [5, 5.41) is 6.72. The molecule has 166 valence electrons. The standard InChI is InChI=1S/C25H32ClN3O2/c1-17(2)23(28-24(30)21-12-5-4-9-18(21)3)25(31)27-16-22(29-13-6-7-14-29)19-10-8-11-20(26)15-19/h4-5,8-12,15,17,22-23H,6-7,13-14,16H2,1-3H3,(H,27,31)(H,28,30). The molecule has 0 bridgehead atoms. The fourth-order valence-corrected chi connectivity index (χ4v) is 4.31. The van der Waals surface area contributed by atoms with Crippen molar-refractivity contribution < 1.29 is 9.59 Å². The van der Waals surface area contributed by atoms with Crippen LogP contribution in [0.15, 0.2) is 48.5 Å². The molecule has 6 heteroatoms. The number of nitrogens with zero attached hydrogens (tertiary/aromatic N) is 1. The highest BCUT2D eigenvalue weighted by Gasteiger charge is 2.28. The number of aryl methyl sites for hydroxylation is 1. The third-order valence-electron chi connectivity index (χ3n) is 5.91. The van der Waals surface area contributed by atoms with Gasteiger partial charge in [0.1, 0.15) is 6.04 Å². The fraction of sp³-hybridized carbons (Fsp3) is 0.440. The van der Waals surface area contributed by atoms with E-state index in [1.165, 1.54) is 0 Å². The highest BCUT2D eigenvalue weighted by atomic mass is 35.5. The molecule has 2 atom stereocenters. The lowest BCUT2D eigenvalue weighted by atomic mass is 10.0. The number of carbonyl (C=O) groups is 2. The van der Waals surface area contributed by atoms with Crippen molar-refractivity contribution in [1.82, 2.24) is 15.5 Å². The van der Waals surface area contributed by atoms with E-state index in [2.05, 4.69) is 21.6 Å². The third-order valence-corrected chi connectivity index (χ3v) is 6.15. The molecule has 3 rings (SSSR count). The zero-order chi connectivity index (χ0) is 22.4. The lowest BCUT2D eigenvalue weighted by Gasteiger charge is -2.30. The molecule has 2 aromatic carbocycles. The Balaban J connectivity index is 1.70. The first-order chi connectivity index (χ1) is 14.9. The van der Waals surface area contributed by atoms with Crippen molar-refractivity contribution in [2.75, 3.05) is 19.6 Å². The minimum atomic E-state index is -0.606. The van der Waals surface area contributed by atoms with Gasteiger partial charge in [0.2, 0.25) is 5.91 Å². The Labute approximate surface area is 190 Å². The maximum atomic E-state index is 13.1. The van der Waals surface area contributed by atoms with E-state index >= 15 is 0 Å². The normalized spacial score (nSPS) is 16.2. The summed E-state index contributed by atoms with van der Waals surface area (Å²) in [6.07, 6.45) is 2.32. The zero-order valence-corrected chi connectivity index (χ0v) is 19.3. The Morgan fingerprint density at radius 3 is 2.42 bits per heavy atom. The van der Waals surface area contributed by atoms with E-state index in [4.69, 9.17) is 11.6 Å². The topological polar surface area (TPSA) is 61.4 Å². The second-order valence-corrected chi connectivity index (χ2v) is 9.01. The first-order valence-corrected chi connectivity index (χ1v) is 11.4. The first kappa shape index (κ1) is 23.3. The summed E-state index contributed by atoms with van der Waals surface area (Å²) in [6, 6.07) is 14.7. The molecule has 0 radical (unpaired) electrons. The van der Waals surface area contributed by atoms with Gasteiger partial charge < -0.3 is 10.6 Å². The smallest absolute Gasteiger partial charge is 0.252 e. The van der Waals surface area contributed by atoms with Gasteiger partial charge in [0.15, 0.2) is 0 Å². The largest absolute Gasteiger partial charge is 0.352 e. The Morgan fingerprint density at radius 1 is 1.06 bits per heavy atom. The quantitative estimate of drug-likeness (QED) is 0.640. The van der Waals surface area contributed by atoms with Crippen LogP contribution in [0.2, 0.25) is 5.02 Å². The van der Waals surface area contributed by atoms with Gasteiger partial charge in [-0.2, -0.15) is 0 Å². The molecule has 0 spiro atoms. The van der Waals surface area contributed by atoms with Crippen LogP contribution < -0.4 is 10.6 Å². The van der Waals surface area contributed by atoms with Crippen LogP contribution in [0.25, 0.3) is 0 Å². The average molecular weight is 442 g/mol. The molecule has 2 aromatic rings. The van der Waals surface area contributed by atoms with Gasteiger partial charge in [-0.1, -0.05) is 55.8 Å². The van der Waals surface area contributed by atoms with E-state index in [9.17, 15) is 9.59 Å². The van der Waals surface area contributed by atoms with E-state index < -0.39 is 6.04 Å². The summed E-state index contributed by atoms with van der Waals surface area (Å²) in [4.78, 5) is 28.3. The number of rotatable bonds is 8. The van der Waals surface area contributed by atoms with Crippen LogP contribution in [0.5, 0.6) is 0 Å². The van der Waals surface area contributed by atoms with Gasteiger partial charge in [-0.3, -0.25) is 14.5 Å². The summed E-state index contributed by atoms with van der Waals surface area (Å²) in [6.45, 7) is 8.26. The summed E-state index contributed by atoms with van der Waals surface area (Å²) in [5.41, 5.74) is 2.58. The lowest BCUT2D eigenvalue weighted by molar-refractivity contribution is -0.124. The van der Waals surface area contributed by atoms with Gasteiger partial charge in [0.25, 0.3) is 5.91 Å². The predicted octanol–water partition coefficient (Wildman–Crippen LogP) is 4.36. The molecule has 1 heterocycles. The van der Waals surface area contributed by atoms with E-state index in [1.807, 2.05) is 57.2 Å². The molecule has 1 aliphatic rings. The highest BCUT2D eigenvalue weighted by molar-refractivity contribution is 6.30. The van der Waals surface area contributed by atoms with Crippen LogP contribution in [0, 0.1) is 12.8 Å². The van der Waals surface area contributed by atoms with Crippen LogP contribution in [0.3, 0.4) is 0 Å². The van der Waals surface area contributed by atoms with E-state index in [1.54, 1.807) is 6.07 Å². The Kier molecular flexibility index (Phi) is 8.10. The highest BCUT2D eigenvalue weighted by Crippen LogP contribution is 2.26. The van der Waals surface area contributed by atoms with Crippen molar-refractivity contribution >= 4 is 23.4 Å². The number of nitrogens with one attached hydrogen (secondary N) is 2. The van der Waals surface area contributed by atoms with Crippen LogP contribution in [-0.4, -0.2) is 42.4 Å². The number of hydrogen-bond donors (Lipinski definition) is 2. The fourth-order valence-electron chi connectivity index (χ4n) is 4.11. The van der Waals surface area contributed by atoms with E-state index in [-0.39, 0.29) is 23.8 Å². The molecular weight excluding hydrogens is 410 g/mol. The van der Waals surface area contributed by atoms with E-state index in [0.29, 0.717) is 17.1 Å². The molecule has 2 amide bonds. The number of carbonyl (C=O) groups excluding carboxylic acids is 2. The molecule has 0 aromatic heterocycles. The molecule has 2 N–H and O–H groups in total. The second-order valence-electron chi connectivity index (χ2n) is 8.57. The molecule has 1 aliphatic heterocycles. The lowest BCUT2D eigenvalue weighted by Crippen LogP contribution is -2.51. The van der Waals surface area contributed by atoms with Crippen molar-refractivity contribution in [3.63, 3.8) is 0 Å². The van der Waals surface area contributed by atoms with Crippen LogP contribution in [-0.2, 0) is 4.79 Å². The Morgan fingerprint density at radius 2 is 1.77 bits per heavy atom. The molecule has 31 heavy (non-hydrogen) atoms. The molecule has 1 saturated heterocycles. The molecular formula is C25H32ClN3O2. The van der Waals surface area contributed by atoms with E-state index in [0.717, 1.165) is 37.1 Å². The maximum Gasteiger partial charge on any atom is 0.252 e. The van der Waals surface area contributed by atoms with Crippen LogP contribution >= 0.6 is 11.6 Å². The summed E-state index contributed by atoms with van der Waals surface area (Å²) < 4.78 is 0. The number of amides is 2. The Hall–Kier alpha value is -2.37. The molecule has 0 aliphatic carbocycles. The molecule has 1 fully saturated rings. The van der Waals surface area contributed by atoms with Crippen molar-refractivity contribution in [1.29, 1.82) is 0 Å². The van der Waals surface area contributed by atoms with Gasteiger partial charge in [0, 0.05) is 17.1 Å². The maximum absolute atomic E-state index is 13.1. The summed E-state index contributed by atoms with van der Waals surface area (Å²) in [5.74, 6) is -0.426. The monoisotopic (exact) mass is 441 g/mol. The second kappa shape index (κ2) is 10.8. The van der Waals surface area contributed by atoms with Gasteiger partial charge in [-0.05, 0) is 68.1 Å². The van der Waals surface area contributed by atoms with Gasteiger partial charge in [0.05, 0.1) is 6.04 Å². The summed E-state index contributed by atoms with van der Waals surface area (Å²) in [7, 11) is 0. The molecule has 5 nitrogen and oxygen atoms in total. The predicted molar refractivity (Wildman–Crippen MR) is 125 cm³/mol. The minimum absolute atomic E-state index is 0.0376. The van der Waals surface area contributed by atoms with Gasteiger partial charge >= 0.3 is 0 Å². The molecule has 0 saturated carbocycles. The number of halogens is 1. The molecule has 2 unspecified atom stereocenters. The van der Waals surface area contributed by atoms with Crippen molar-refractivity contribution in [2.24, 2.45) is 5.92 Å². The number of benzene rings is 2. The number of likely N-dealkylation sites (tertiary alicyclic amines) is 1. The van der Waals surface area contributed by atoms with Gasteiger partial charge in [-0.15, -0.1) is 0 Å². The van der Waals surface area contributed by atoms with Crippen molar-refractivity contribution in [3.05, 3.63) is 70.2 Å². The third kappa shape index (κ3) is 6.08. The zero-order valence-electron chi connectivity index (χ0n) is 18.5. The van der Waals surface area contributed by atoms with Crippen molar-refractivity contribution in [2.45, 2.75) is 45.7 Å². The minimum Gasteiger partial charge on any atom is -0.352 e.